The standard InChI is InChI=1S/C10H16N2O2/c13-8-3-6-12(7-4-8)10(14)9-2-1-5-11-9/h9,11H,1-7H2. The van der Waals surface area contributed by atoms with Gasteiger partial charge in [-0.1, -0.05) is 0 Å². The van der Waals surface area contributed by atoms with Crippen molar-refractivity contribution in [2.45, 2.75) is 31.7 Å². The highest BCUT2D eigenvalue weighted by atomic mass is 16.2. The van der Waals surface area contributed by atoms with E-state index in [2.05, 4.69) is 5.32 Å². The fraction of sp³-hybridized carbons (Fsp3) is 0.800. The average molecular weight is 196 g/mol. The van der Waals surface area contributed by atoms with E-state index in [1.807, 2.05) is 4.90 Å². The minimum absolute atomic E-state index is 0.0169. The van der Waals surface area contributed by atoms with E-state index in [1.54, 1.807) is 0 Å². The molecule has 14 heavy (non-hydrogen) atoms. The van der Waals surface area contributed by atoms with Gasteiger partial charge in [-0.15, -0.1) is 0 Å². The van der Waals surface area contributed by atoms with Crippen molar-refractivity contribution in [3.05, 3.63) is 0 Å². The minimum atomic E-state index is 0.0169. The third-order valence-corrected chi connectivity index (χ3v) is 2.99. The number of amides is 1. The Morgan fingerprint density at radius 2 is 2.07 bits per heavy atom. The van der Waals surface area contributed by atoms with E-state index in [4.69, 9.17) is 0 Å². The van der Waals surface area contributed by atoms with Crippen molar-refractivity contribution >= 4 is 11.7 Å². The summed E-state index contributed by atoms with van der Waals surface area (Å²) in [6.07, 6.45) is 3.11. The first-order valence-electron chi connectivity index (χ1n) is 5.31. The van der Waals surface area contributed by atoms with Crippen LogP contribution in [0.15, 0.2) is 0 Å². The molecule has 2 saturated heterocycles. The Labute approximate surface area is 83.6 Å². The van der Waals surface area contributed by atoms with Crippen LogP contribution < -0.4 is 5.32 Å². The van der Waals surface area contributed by atoms with Gasteiger partial charge in [-0.2, -0.15) is 0 Å². The number of hydrogen-bond acceptors (Lipinski definition) is 3. The summed E-state index contributed by atoms with van der Waals surface area (Å²) in [5.41, 5.74) is 0. The number of carbonyl (C=O) groups is 2. The summed E-state index contributed by atoms with van der Waals surface area (Å²) in [5, 5.41) is 3.19. The van der Waals surface area contributed by atoms with E-state index in [0.29, 0.717) is 25.9 Å². The van der Waals surface area contributed by atoms with Gasteiger partial charge in [0, 0.05) is 25.9 Å². The summed E-state index contributed by atoms with van der Waals surface area (Å²) in [6, 6.07) is 0.0169. The van der Waals surface area contributed by atoms with Gasteiger partial charge in [0.1, 0.15) is 5.78 Å². The number of nitrogens with zero attached hydrogens (tertiary/aromatic N) is 1. The third kappa shape index (κ3) is 1.95. The number of rotatable bonds is 1. The highest BCUT2D eigenvalue weighted by molar-refractivity contribution is 5.86. The van der Waals surface area contributed by atoms with Crippen LogP contribution in [-0.2, 0) is 9.59 Å². The zero-order valence-electron chi connectivity index (χ0n) is 8.29. The Hall–Kier alpha value is -0.900. The molecular weight excluding hydrogens is 180 g/mol. The first-order chi connectivity index (χ1) is 6.77. The first-order valence-corrected chi connectivity index (χ1v) is 5.31. The van der Waals surface area contributed by atoms with Gasteiger partial charge in [-0.05, 0) is 19.4 Å². The molecule has 0 aromatic heterocycles. The lowest BCUT2D eigenvalue weighted by atomic mass is 10.1. The molecule has 0 spiro atoms. The quantitative estimate of drug-likeness (QED) is 0.638. The fourth-order valence-corrected chi connectivity index (χ4v) is 2.09. The topological polar surface area (TPSA) is 49.4 Å². The lowest BCUT2D eigenvalue weighted by Gasteiger charge is -2.28. The van der Waals surface area contributed by atoms with Crippen molar-refractivity contribution in [1.29, 1.82) is 0 Å². The zero-order chi connectivity index (χ0) is 9.97. The van der Waals surface area contributed by atoms with E-state index in [-0.39, 0.29) is 17.7 Å². The molecule has 4 heteroatoms. The summed E-state index contributed by atoms with van der Waals surface area (Å²) >= 11 is 0. The summed E-state index contributed by atoms with van der Waals surface area (Å²) < 4.78 is 0. The molecule has 2 aliphatic heterocycles. The second kappa shape index (κ2) is 4.09. The zero-order valence-corrected chi connectivity index (χ0v) is 8.29. The smallest absolute Gasteiger partial charge is 0.239 e. The molecule has 0 aliphatic carbocycles. The van der Waals surface area contributed by atoms with Crippen molar-refractivity contribution in [1.82, 2.24) is 10.2 Å². The van der Waals surface area contributed by atoms with Gasteiger partial charge in [-0.25, -0.2) is 0 Å². The molecule has 2 fully saturated rings. The number of likely N-dealkylation sites (tertiary alicyclic amines) is 1. The Morgan fingerprint density at radius 1 is 1.36 bits per heavy atom. The van der Waals surface area contributed by atoms with Crippen molar-refractivity contribution in [2.24, 2.45) is 0 Å². The largest absolute Gasteiger partial charge is 0.340 e. The Balaban J connectivity index is 1.88. The van der Waals surface area contributed by atoms with Gasteiger partial charge in [0.15, 0.2) is 0 Å². The molecule has 1 unspecified atom stereocenters. The molecule has 2 heterocycles. The van der Waals surface area contributed by atoms with Gasteiger partial charge in [0.25, 0.3) is 0 Å². The van der Waals surface area contributed by atoms with E-state index in [1.165, 1.54) is 0 Å². The first kappa shape index (κ1) is 9.65. The van der Waals surface area contributed by atoms with Crippen molar-refractivity contribution in [2.75, 3.05) is 19.6 Å². The number of Topliss-reactive ketones (excluding diaryl/α,β-unsaturated/α-hetero) is 1. The second-order valence-corrected chi connectivity index (χ2v) is 4.01. The normalized spacial score (nSPS) is 28.1. The van der Waals surface area contributed by atoms with Gasteiger partial charge in [0.2, 0.25) is 5.91 Å². The minimum Gasteiger partial charge on any atom is -0.340 e. The highest BCUT2D eigenvalue weighted by Crippen LogP contribution is 2.12. The molecule has 0 radical (unpaired) electrons. The predicted molar refractivity (Wildman–Crippen MR) is 51.8 cm³/mol. The summed E-state index contributed by atoms with van der Waals surface area (Å²) in [5.74, 6) is 0.475. The molecule has 0 aromatic carbocycles. The number of hydrogen-bond donors (Lipinski definition) is 1. The van der Waals surface area contributed by atoms with Crippen LogP contribution in [0.5, 0.6) is 0 Å². The molecule has 4 nitrogen and oxygen atoms in total. The van der Waals surface area contributed by atoms with Crippen LogP contribution in [-0.4, -0.2) is 42.3 Å². The average Bonchev–Trinajstić information content (AvgIpc) is 2.71. The number of ketones is 1. The number of nitrogens with one attached hydrogen (secondary N) is 1. The summed E-state index contributed by atoms with van der Waals surface area (Å²) in [7, 11) is 0. The van der Waals surface area contributed by atoms with Gasteiger partial charge in [-0.3, -0.25) is 9.59 Å². The maximum Gasteiger partial charge on any atom is 0.239 e. The van der Waals surface area contributed by atoms with Crippen molar-refractivity contribution in [3.8, 4) is 0 Å². The second-order valence-electron chi connectivity index (χ2n) is 4.01. The van der Waals surface area contributed by atoms with Crippen LogP contribution in [0.25, 0.3) is 0 Å². The lowest BCUT2D eigenvalue weighted by molar-refractivity contribution is -0.136. The van der Waals surface area contributed by atoms with E-state index in [9.17, 15) is 9.59 Å². The van der Waals surface area contributed by atoms with E-state index in [0.717, 1.165) is 19.4 Å². The SMILES string of the molecule is O=C1CCN(C(=O)C2CCCN2)CC1. The molecule has 1 atom stereocenters. The maximum atomic E-state index is 11.9. The van der Waals surface area contributed by atoms with Crippen LogP contribution in [0, 0.1) is 0 Å². The van der Waals surface area contributed by atoms with Crippen LogP contribution in [0.2, 0.25) is 0 Å². The molecule has 1 amide bonds. The third-order valence-electron chi connectivity index (χ3n) is 2.99. The maximum absolute atomic E-state index is 11.9. The molecular formula is C10H16N2O2. The van der Waals surface area contributed by atoms with Gasteiger partial charge >= 0.3 is 0 Å². The van der Waals surface area contributed by atoms with Crippen LogP contribution in [0.1, 0.15) is 25.7 Å². The van der Waals surface area contributed by atoms with Crippen molar-refractivity contribution < 1.29 is 9.59 Å². The summed E-state index contributed by atoms with van der Waals surface area (Å²) in [4.78, 5) is 24.7. The Morgan fingerprint density at radius 3 is 2.64 bits per heavy atom. The van der Waals surface area contributed by atoms with Crippen molar-refractivity contribution in [3.63, 3.8) is 0 Å². The number of carbonyl (C=O) groups excluding carboxylic acids is 2. The van der Waals surface area contributed by atoms with Gasteiger partial charge < -0.3 is 10.2 Å². The number of piperidine rings is 1. The van der Waals surface area contributed by atoms with Crippen LogP contribution in [0.3, 0.4) is 0 Å². The Kier molecular flexibility index (Phi) is 2.82. The molecule has 2 aliphatic rings. The predicted octanol–water partition coefficient (Wildman–Crippen LogP) is -0.0701. The molecule has 0 bridgehead atoms. The monoisotopic (exact) mass is 196 g/mol. The lowest BCUT2D eigenvalue weighted by Crippen LogP contribution is -2.47. The molecule has 2 rings (SSSR count). The fourth-order valence-electron chi connectivity index (χ4n) is 2.09. The highest BCUT2D eigenvalue weighted by Gasteiger charge is 2.28. The van der Waals surface area contributed by atoms with Crippen LogP contribution in [0.4, 0.5) is 0 Å². The van der Waals surface area contributed by atoms with E-state index < -0.39 is 0 Å². The molecule has 0 saturated carbocycles. The molecule has 1 N–H and O–H groups in total. The Bertz CT molecular complexity index is 237. The van der Waals surface area contributed by atoms with E-state index >= 15 is 0 Å². The van der Waals surface area contributed by atoms with Gasteiger partial charge in [0.05, 0.1) is 6.04 Å². The summed E-state index contributed by atoms with van der Waals surface area (Å²) in [6.45, 7) is 2.19. The molecule has 0 aromatic rings. The molecule has 78 valence electrons. The van der Waals surface area contributed by atoms with Crippen LogP contribution >= 0.6 is 0 Å².